The van der Waals surface area contributed by atoms with E-state index in [4.69, 9.17) is 16.2 Å². The molecule has 1 aliphatic carbocycles. The molecule has 0 spiro atoms. The smallest absolute Gasteiger partial charge is 0.288 e. The molecule has 0 aromatic carbocycles. The van der Waals surface area contributed by atoms with E-state index >= 15 is 0 Å². The molecule has 8 nitrogen and oxygen atoms in total. The molecule has 1 fully saturated rings. The molecule has 2 unspecified atom stereocenters. The summed E-state index contributed by atoms with van der Waals surface area (Å²) in [6, 6.07) is 1.08. The third-order valence-electron chi connectivity index (χ3n) is 3.47. The van der Waals surface area contributed by atoms with Gasteiger partial charge in [-0.25, -0.2) is 4.98 Å². The molecular weight excluding hydrogens is 264 g/mol. The van der Waals surface area contributed by atoms with Crippen LogP contribution in [-0.2, 0) is 0 Å². The van der Waals surface area contributed by atoms with Crippen LogP contribution in [0.4, 0.5) is 5.69 Å². The van der Waals surface area contributed by atoms with E-state index < -0.39 is 10.8 Å². The molecule has 20 heavy (non-hydrogen) atoms. The number of aromatic nitrogens is 1. The van der Waals surface area contributed by atoms with Crippen LogP contribution in [0.2, 0.25) is 0 Å². The maximum absolute atomic E-state index is 11.4. The predicted molar refractivity (Wildman–Crippen MR) is 70.2 cm³/mol. The van der Waals surface area contributed by atoms with Crippen molar-refractivity contribution in [2.24, 2.45) is 17.4 Å². The molecule has 1 aliphatic rings. The average Bonchev–Trinajstić information content (AvgIpc) is 2.85. The molecule has 0 aliphatic heterocycles. The summed E-state index contributed by atoms with van der Waals surface area (Å²) >= 11 is 0. The van der Waals surface area contributed by atoms with Crippen LogP contribution < -0.4 is 16.2 Å². The lowest BCUT2D eigenvalue weighted by Crippen LogP contribution is -2.29. The van der Waals surface area contributed by atoms with Crippen molar-refractivity contribution in [2.75, 3.05) is 6.54 Å². The first-order valence-corrected chi connectivity index (χ1v) is 6.34. The molecule has 0 bridgehead atoms. The van der Waals surface area contributed by atoms with Crippen molar-refractivity contribution in [1.29, 1.82) is 0 Å². The van der Waals surface area contributed by atoms with Gasteiger partial charge in [0.15, 0.2) is 0 Å². The van der Waals surface area contributed by atoms with E-state index in [1.54, 1.807) is 0 Å². The number of nitrogens with zero attached hydrogens (tertiary/aromatic N) is 2. The summed E-state index contributed by atoms with van der Waals surface area (Å²) in [7, 11) is 0. The molecule has 1 aromatic heterocycles. The van der Waals surface area contributed by atoms with Crippen LogP contribution in [0.25, 0.3) is 0 Å². The SMILES string of the molecule is NCC1CCCC1Oc1ncc([N+](=O)[O-])cc1C(N)=O. The highest BCUT2D eigenvalue weighted by molar-refractivity contribution is 5.95. The van der Waals surface area contributed by atoms with E-state index in [0.717, 1.165) is 31.5 Å². The van der Waals surface area contributed by atoms with Gasteiger partial charge in [0.05, 0.1) is 4.92 Å². The first kappa shape index (κ1) is 14.2. The van der Waals surface area contributed by atoms with E-state index in [-0.39, 0.29) is 29.2 Å². The molecule has 1 heterocycles. The summed E-state index contributed by atoms with van der Waals surface area (Å²) < 4.78 is 5.69. The topological polar surface area (TPSA) is 134 Å². The number of hydrogen-bond acceptors (Lipinski definition) is 6. The zero-order chi connectivity index (χ0) is 14.7. The molecule has 1 amide bonds. The second-order valence-electron chi connectivity index (χ2n) is 4.75. The van der Waals surface area contributed by atoms with Gasteiger partial charge >= 0.3 is 0 Å². The lowest BCUT2D eigenvalue weighted by molar-refractivity contribution is -0.385. The lowest BCUT2D eigenvalue weighted by atomic mass is 10.1. The van der Waals surface area contributed by atoms with Crippen molar-refractivity contribution in [2.45, 2.75) is 25.4 Å². The third-order valence-corrected chi connectivity index (χ3v) is 3.47. The van der Waals surface area contributed by atoms with Crippen molar-refractivity contribution in [3.8, 4) is 5.88 Å². The highest BCUT2D eigenvalue weighted by atomic mass is 16.6. The Balaban J connectivity index is 2.27. The van der Waals surface area contributed by atoms with Crippen LogP contribution >= 0.6 is 0 Å². The highest BCUT2D eigenvalue weighted by Gasteiger charge is 2.29. The Kier molecular flexibility index (Phi) is 4.14. The normalized spacial score (nSPS) is 21.6. The maximum atomic E-state index is 11.4. The summed E-state index contributed by atoms with van der Waals surface area (Å²) in [5.41, 5.74) is 10.5. The summed E-state index contributed by atoms with van der Waals surface area (Å²) in [6.07, 6.45) is 3.69. The number of nitrogens with two attached hydrogens (primary N) is 2. The Morgan fingerprint density at radius 2 is 2.30 bits per heavy atom. The Morgan fingerprint density at radius 1 is 1.55 bits per heavy atom. The fourth-order valence-electron chi connectivity index (χ4n) is 2.38. The largest absolute Gasteiger partial charge is 0.473 e. The first-order chi connectivity index (χ1) is 9.52. The first-order valence-electron chi connectivity index (χ1n) is 6.34. The second-order valence-corrected chi connectivity index (χ2v) is 4.75. The fourth-order valence-corrected chi connectivity index (χ4v) is 2.38. The number of primary amides is 1. The standard InChI is InChI=1S/C12H16N4O4/c13-5-7-2-1-3-10(7)20-12-9(11(14)17)4-8(6-15-12)16(18)19/h4,6-7,10H,1-3,5,13H2,(H2,14,17). The Bertz CT molecular complexity index is 534. The van der Waals surface area contributed by atoms with Gasteiger partial charge in [-0.2, -0.15) is 0 Å². The van der Waals surface area contributed by atoms with E-state index in [1.165, 1.54) is 0 Å². The van der Waals surface area contributed by atoms with Gasteiger partial charge in [-0.15, -0.1) is 0 Å². The summed E-state index contributed by atoms with van der Waals surface area (Å²) in [4.78, 5) is 25.3. The molecule has 8 heteroatoms. The minimum absolute atomic E-state index is 0.0356. The number of carbonyl (C=O) groups is 1. The third kappa shape index (κ3) is 2.85. The predicted octanol–water partition coefficient (Wildman–Crippen LogP) is 0.595. The van der Waals surface area contributed by atoms with Crippen molar-refractivity contribution in [3.05, 3.63) is 27.9 Å². The van der Waals surface area contributed by atoms with Crippen LogP contribution in [0, 0.1) is 16.0 Å². The van der Waals surface area contributed by atoms with Crippen molar-refractivity contribution in [3.63, 3.8) is 0 Å². The van der Waals surface area contributed by atoms with Crippen LogP contribution in [0.3, 0.4) is 0 Å². The minimum atomic E-state index is -0.807. The molecule has 1 saturated carbocycles. The van der Waals surface area contributed by atoms with Crippen molar-refractivity contribution >= 4 is 11.6 Å². The Labute approximate surface area is 115 Å². The van der Waals surface area contributed by atoms with Gasteiger partial charge < -0.3 is 16.2 Å². The highest BCUT2D eigenvalue weighted by Crippen LogP contribution is 2.30. The van der Waals surface area contributed by atoms with Crippen LogP contribution in [0.15, 0.2) is 12.3 Å². The summed E-state index contributed by atoms with van der Waals surface area (Å²) in [6.45, 7) is 0.490. The van der Waals surface area contributed by atoms with Gasteiger partial charge in [-0.1, -0.05) is 0 Å². The quantitative estimate of drug-likeness (QED) is 0.598. The molecule has 4 N–H and O–H groups in total. The number of ether oxygens (including phenoxy) is 1. The number of amides is 1. The Morgan fingerprint density at radius 3 is 2.90 bits per heavy atom. The monoisotopic (exact) mass is 280 g/mol. The van der Waals surface area contributed by atoms with Gasteiger partial charge in [0.2, 0.25) is 5.88 Å². The second kappa shape index (κ2) is 5.83. The molecule has 108 valence electrons. The number of nitro groups is 1. The number of carbonyl (C=O) groups excluding carboxylic acids is 1. The van der Waals surface area contributed by atoms with Gasteiger partial charge in [0.1, 0.15) is 17.9 Å². The van der Waals surface area contributed by atoms with E-state index in [2.05, 4.69) is 4.98 Å². The average molecular weight is 280 g/mol. The van der Waals surface area contributed by atoms with Gasteiger partial charge in [0, 0.05) is 12.0 Å². The van der Waals surface area contributed by atoms with Crippen LogP contribution in [0.5, 0.6) is 5.88 Å². The molecular formula is C12H16N4O4. The maximum Gasteiger partial charge on any atom is 0.288 e. The minimum Gasteiger partial charge on any atom is -0.473 e. The number of hydrogen-bond donors (Lipinski definition) is 2. The van der Waals surface area contributed by atoms with Crippen LogP contribution in [-0.4, -0.2) is 28.5 Å². The van der Waals surface area contributed by atoms with E-state index in [9.17, 15) is 14.9 Å². The zero-order valence-electron chi connectivity index (χ0n) is 10.8. The summed E-state index contributed by atoms with van der Waals surface area (Å²) in [5, 5.41) is 10.7. The van der Waals surface area contributed by atoms with Gasteiger partial charge in [0.25, 0.3) is 11.6 Å². The summed E-state index contributed by atoms with van der Waals surface area (Å²) in [5.74, 6) is -0.570. The molecule has 0 saturated heterocycles. The fraction of sp³-hybridized carbons (Fsp3) is 0.500. The van der Waals surface area contributed by atoms with Crippen molar-refractivity contribution in [1.82, 2.24) is 4.98 Å². The van der Waals surface area contributed by atoms with Crippen molar-refractivity contribution < 1.29 is 14.5 Å². The molecule has 2 atom stereocenters. The van der Waals surface area contributed by atoms with E-state index in [0.29, 0.717) is 6.54 Å². The number of rotatable bonds is 5. The van der Waals surface area contributed by atoms with Gasteiger partial charge in [-0.3, -0.25) is 14.9 Å². The van der Waals surface area contributed by atoms with Gasteiger partial charge in [-0.05, 0) is 25.8 Å². The molecule has 2 rings (SSSR count). The van der Waals surface area contributed by atoms with Crippen LogP contribution in [0.1, 0.15) is 29.6 Å². The Hall–Kier alpha value is -2.22. The molecule has 1 aromatic rings. The molecule has 0 radical (unpaired) electrons. The van der Waals surface area contributed by atoms with E-state index in [1.807, 2.05) is 0 Å². The number of pyridine rings is 1. The zero-order valence-corrected chi connectivity index (χ0v) is 10.8. The lowest BCUT2D eigenvalue weighted by Gasteiger charge is -2.20.